The van der Waals surface area contributed by atoms with E-state index in [2.05, 4.69) is 31.0 Å². The van der Waals surface area contributed by atoms with Gasteiger partial charge in [-0.25, -0.2) is 0 Å². The van der Waals surface area contributed by atoms with E-state index < -0.39 is 0 Å². The standard InChI is InChI=1S/C13H28N2O/c1-12(2)11-16-9-6-14-13(3)10-15-7-4-5-8-15/h12-14H,4-11H2,1-3H3. The molecule has 1 atom stereocenters. The monoisotopic (exact) mass is 228 g/mol. The first-order chi connectivity index (χ1) is 7.68. The predicted molar refractivity (Wildman–Crippen MR) is 68.8 cm³/mol. The van der Waals surface area contributed by atoms with Crippen LogP contribution < -0.4 is 5.32 Å². The van der Waals surface area contributed by atoms with Crippen molar-refractivity contribution in [1.82, 2.24) is 10.2 Å². The summed E-state index contributed by atoms with van der Waals surface area (Å²) in [6.07, 6.45) is 2.76. The quantitative estimate of drug-likeness (QED) is 0.640. The number of nitrogens with zero attached hydrogens (tertiary/aromatic N) is 1. The third-order valence-electron chi connectivity index (χ3n) is 2.92. The van der Waals surface area contributed by atoms with Crippen molar-refractivity contribution < 1.29 is 4.74 Å². The summed E-state index contributed by atoms with van der Waals surface area (Å²) in [4.78, 5) is 2.55. The van der Waals surface area contributed by atoms with Crippen molar-refractivity contribution in [2.75, 3.05) is 39.4 Å². The minimum Gasteiger partial charge on any atom is -0.380 e. The van der Waals surface area contributed by atoms with Gasteiger partial charge < -0.3 is 15.0 Å². The second-order valence-electron chi connectivity index (χ2n) is 5.33. The average molecular weight is 228 g/mol. The molecule has 0 aromatic rings. The van der Waals surface area contributed by atoms with Gasteiger partial charge in [-0.2, -0.15) is 0 Å². The molecule has 0 aromatic heterocycles. The lowest BCUT2D eigenvalue weighted by Crippen LogP contribution is -2.39. The molecule has 1 rings (SSSR count). The highest BCUT2D eigenvalue weighted by atomic mass is 16.5. The van der Waals surface area contributed by atoms with Crippen LogP contribution in [0, 0.1) is 5.92 Å². The van der Waals surface area contributed by atoms with Gasteiger partial charge in [0, 0.05) is 25.7 Å². The molecule has 0 radical (unpaired) electrons. The van der Waals surface area contributed by atoms with E-state index in [4.69, 9.17) is 4.74 Å². The van der Waals surface area contributed by atoms with Crippen LogP contribution in [0.25, 0.3) is 0 Å². The van der Waals surface area contributed by atoms with E-state index >= 15 is 0 Å². The highest BCUT2D eigenvalue weighted by molar-refractivity contribution is 4.72. The van der Waals surface area contributed by atoms with Gasteiger partial charge in [-0.1, -0.05) is 13.8 Å². The molecule has 0 amide bonds. The lowest BCUT2D eigenvalue weighted by atomic mass is 10.2. The molecule has 3 nitrogen and oxygen atoms in total. The van der Waals surface area contributed by atoms with Gasteiger partial charge in [-0.3, -0.25) is 0 Å². The molecule has 16 heavy (non-hydrogen) atoms. The lowest BCUT2D eigenvalue weighted by Gasteiger charge is -2.21. The van der Waals surface area contributed by atoms with Gasteiger partial charge in [0.25, 0.3) is 0 Å². The Bertz CT molecular complexity index is 167. The normalized spacial score (nSPS) is 19.5. The minimum absolute atomic E-state index is 0.584. The average Bonchev–Trinajstić information content (AvgIpc) is 2.69. The number of ether oxygens (including phenoxy) is 1. The first kappa shape index (κ1) is 13.9. The van der Waals surface area contributed by atoms with Crippen molar-refractivity contribution in [2.45, 2.75) is 39.7 Å². The molecule has 1 aliphatic heterocycles. The molecule has 0 aromatic carbocycles. The highest BCUT2D eigenvalue weighted by Gasteiger charge is 2.13. The van der Waals surface area contributed by atoms with E-state index in [1.165, 1.54) is 32.5 Å². The molecule has 1 N–H and O–H groups in total. The number of hydrogen-bond donors (Lipinski definition) is 1. The third kappa shape index (κ3) is 6.46. The summed E-state index contributed by atoms with van der Waals surface area (Å²) in [5.74, 6) is 0.641. The summed E-state index contributed by atoms with van der Waals surface area (Å²) in [6.45, 7) is 13.1. The smallest absolute Gasteiger partial charge is 0.0591 e. The van der Waals surface area contributed by atoms with Crippen LogP contribution in [0.1, 0.15) is 33.6 Å². The Morgan fingerprint density at radius 1 is 1.19 bits per heavy atom. The molecule has 0 aliphatic carbocycles. The maximum absolute atomic E-state index is 5.54. The summed E-state index contributed by atoms with van der Waals surface area (Å²) in [6, 6.07) is 0.584. The maximum atomic E-state index is 5.54. The second-order valence-corrected chi connectivity index (χ2v) is 5.33. The van der Waals surface area contributed by atoms with E-state index in [0.717, 1.165) is 19.8 Å². The van der Waals surface area contributed by atoms with E-state index in [1.807, 2.05) is 0 Å². The van der Waals surface area contributed by atoms with Crippen molar-refractivity contribution in [3.63, 3.8) is 0 Å². The molecule has 1 fully saturated rings. The minimum atomic E-state index is 0.584. The van der Waals surface area contributed by atoms with Gasteiger partial charge in [0.15, 0.2) is 0 Å². The summed E-state index contributed by atoms with van der Waals surface area (Å²) in [5, 5.41) is 3.52. The lowest BCUT2D eigenvalue weighted by molar-refractivity contribution is 0.109. The van der Waals surface area contributed by atoms with Gasteiger partial charge in [-0.05, 0) is 38.8 Å². The highest BCUT2D eigenvalue weighted by Crippen LogP contribution is 2.07. The molecule has 1 unspecified atom stereocenters. The van der Waals surface area contributed by atoms with Gasteiger partial charge in [0.1, 0.15) is 0 Å². The van der Waals surface area contributed by atoms with Crippen LogP contribution in [0.3, 0.4) is 0 Å². The zero-order chi connectivity index (χ0) is 11.8. The van der Waals surface area contributed by atoms with Gasteiger partial charge in [0.2, 0.25) is 0 Å². The topological polar surface area (TPSA) is 24.5 Å². The largest absolute Gasteiger partial charge is 0.380 e. The number of nitrogens with one attached hydrogen (secondary N) is 1. The van der Waals surface area contributed by atoms with E-state index in [0.29, 0.717) is 12.0 Å². The van der Waals surface area contributed by atoms with Gasteiger partial charge in [-0.15, -0.1) is 0 Å². The van der Waals surface area contributed by atoms with Crippen LogP contribution >= 0.6 is 0 Å². The van der Waals surface area contributed by atoms with E-state index in [9.17, 15) is 0 Å². The fraction of sp³-hybridized carbons (Fsp3) is 1.00. The Hall–Kier alpha value is -0.120. The fourth-order valence-electron chi connectivity index (χ4n) is 2.11. The van der Waals surface area contributed by atoms with Crippen LogP contribution in [0.15, 0.2) is 0 Å². The molecule has 96 valence electrons. The second kappa shape index (κ2) is 8.04. The molecular weight excluding hydrogens is 200 g/mol. The molecule has 3 heteroatoms. The summed E-state index contributed by atoms with van der Waals surface area (Å²) in [7, 11) is 0. The number of rotatable bonds is 8. The van der Waals surface area contributed by atoms with Gasteiger partial charge >= 0.3 is 0 Å². The molecule has 1 heterocycles. The molecular formula is C13H28N2O. The molecule has 0 saturated carbocycles. The Labute approximate surface area is 101 Å². The first-order valence-corrected chi connectivity index (χ1v) is 6.72. The molecule has 1 saturated heterocycles. The van der Waals surface area contributed by atoms with E-state index in [-0.39, 0.29) is 0 Å². The van der Waals surface area contributed by atoms with Crippen LogP contribution in [0.4, 0.5) is 0 Å². The van der Waals surface area contributed by atoms with Crippen LogP contribution in [0.2, 0.25) is 0 Å². The van der Waals surface area contributed by atoms with Crippen molar-refractivity contribution in [2.24, 2.45) is 5.92 Å². The molecule has 0 spiro atoms. The van der Waals surface area contributed by atoms with Gasteiger partial charge in [0.05, 0.1) is 6.61 Å². The predicted octanol–water partition coefficient (Wildman–Crippen LogP) is 1.73. The van der Waals surface area contributed by atoms with Crippen LogP contribution in [-0.4, -0.2) is 50.3 Å². The molecule has 0 bridgehead atoms. The zero-order valence-electron chi connectivity index (χ0n) is 11.2. The van der Waals surface area contributed by atoms with E-state index in [1.54, 1.807) is 0 Å². The Morgan fingerprint density at radius 3 is 2.50 bits per heavy atom. The first-order valence-electron chi connectivity index (χ1n) is 6.72. The van der Waals surface area contributed by atoms with Crippen LogP contribution in [-0.2, 0) is 4.74 Å². The SMILES string of the molecule is CC(C)COCCNC(C)CN1CCCC1. The van der Waals surface area contributed by atoms with Crippen molar-refractivity contribution in [3.05, 3.63) is 0 Å². The van der Waals surface area contributed by atoms with Crippen molar-refractivity contribution >= 4 is 0 Å². The Morgan fingerprint density at radius 2 is 1.88 bits per heavy atom. The maximum Gasteiger partial charge on any atom is 0.0591 e. The summed E-state index contributed by atoms with van der Waals surface area (Å²) >= 11 is 0. The Balaban J connectivity index is 1.91. The van der Waals surface area contributed by atoms with Crippen molar-refractivity contribution in [3.8, 4) is 0 Å². The van der Waals surface area contributed by atoms with Crippen LogP contribution in [0.5, 0.6) is 0 Å². The summed E-state index contributed by atoms with van der Waals surface area (Å²) < 4.78 is 5.54. The Kier molecular flexibility index (Phi) is 7.01. The number of likely N-dealkylation sites (tertiary alicyclic amines) is 1. The third-order valence-corrected chi connectivity index (χ3v) is 2.92. The number of hydrogen-bond acceptors (Lipinski definition) is 3. The molecule has 1 aliphatic rings. The zero-order valence-corrected chi connectivity index (χ0v) is 11.2. The summed E-state index contributed by atoms with van der Waals surface area (Å²) in [5.41, 5.74) is 0. The fourth-order valence-corrected chi connectivity index (χ4v) is 2.11. The van der Waals surface area contributed by atoms with Crippen molar-refractivity contribution in [1.29, 1.82) is 0 Å².